The third kappa shape index (κ3) is 7.50. The number of esters is 1. The Balaban J connectivity index is 1.63. The zero-order valence-electron chi connectivity index (χ0n) is 15.0. The van der Waals surface area contributed by atoms with E-state index >= 15 is 0 Å². The van der Waals surface area contributed by atoms with E-state index in [2.05, 4.69) is 10.6 Å². The number of carbonyl (C=O) groups excluding carboxylic acids is 3. The Morgan fingerprint density at radius 3 is 2.33 bits per heavy atom. The van der Waals surface area contributed by atoms with Crippen LogP contribution in [0.1, 0.15) is 24.8 Å². The maximum absolute atomic E-state index is 11.8. The maximum atomic E-state index is 11.8. The molecule has 0 aliphatic carbocycles. The van der Waals surface area contributed by atoms with Crippen LogP contribution in [0.3, 0.4) is 0 Å². The quantitative estimate of drug-likeness (QED) is 0.671. The van der Waals surface area contributed by atoms with E-state index in [1.54, 1.807) is 30.3 Å². The van der Waals surface area contributed by atoms with Crippen LogP contribution in [0.4, 0.5) is 11.4 Å². The second-order valence-electron chi connectivity index (χ2n) is 5.94. The van der Waals surface area contributed by atoms with E-state index in [4.69, 9.17) is 16.3 Å². The Labute approximate surface area is 162 Å². The number of anilines is 2. The summed E-state index contributed by atoms with van der Waals surface area (Å²) in [5, 5.41) is 5.88. The third-order valence-corrected chi connectivity index (χ3v) is 4.07. The molecule has 0 aromatic heterocycles. The van der Waals surface area contributed by atoms with Crippen molar-refractivity contribution < 1.29 is 19.1 Å². The van der Waals surface area contributed by atoms with Crippen LogP contribution in [-0.4, -0.2) is 24.4 Å². The molecule has 2 aromatic rings. The Hall–Kier alpha value is -2.86. The van der Waals surface area contributed by atoms with Gasteiger partial charge in [-0.25, -0.2) is 0 Å². The van der Waals surface area contributed by atoms with Crippen molar-refractivity contribution in [1.82, 2.24) is 0 Å². The summed E-state index contributed by atoms with van der Waals surface area (Å²) in [5.41, 5.74) is 2.14. The summed E-state index contributed by atoms with van der Waals surface area (Å²) >= 11 is 5.99. The molecule has 27 heavy (non-hydrogen) atoms. The number of aryl methyl sites for hydroxylation is 1. The summed E-state index contributed by atoms with van der Waals surface area (Å²) in [6, 6.07) is 14.2. The van der Waals surface area contributed by atoms with E-state index in [0.29, 0.717) is 22.8 Å². The van der Waals surface area contributed by atoms with E-state index in [-0.39, 0.29) is 25.4 Å². The number of ether oxygens (including phenoxy) is 1. The molecule has 0 aliphatic rings. The van der Waals surface area contributed by atoms with Crippen molar-refractivity contribution in [2.75, 3.05) is 17.2 Å². The molecular weight excluding hydrogens is 368 g/mol. The van der Waals surface area contributed by atoms with E-state index in [9.17, 15) is 14.4 Å². The summed E-state index contributed by atoms with van der Waals surface area (Å²) in [5.74, 6) is -1.16. The maximum Gasteiger partial charge on any atom is 0.306 e. The highest BCUT2D eigenvalue weighted by Crippen LogP contribution is 2.19. The first-order valence-electron chi connectivity index (χ1n) is 8.50. The minimum atomic E-state index is -0.528. The van der Waals surface area contributed by atoms with Gasteiger partial charge in [-0.2, -0.15) is 0 Å². The summed E-state index contributed by atoms with van der Waals surface area (Å²) in [6.45, 7) is 1.47. The number of benzene rings is 2. The van der Waals surface area contributed by atoms with Gasteiger partial charge in [0.15, 0.2) is 6.61 Å². The van der Waals surface area contributed by atoms with Crippen LogP contribution in [0.5, 0.6) is 0 Å². The summed E-state index contributed by atoms with van der Waals surface area (Å²) < 4.78 is 4.91. The van der Waals surface area contributed by atoms with Gasteiger partial charge >= 0.3 is 5.97 Å². The van der Waals surface area contributed by atoms with Crippen LogP contribution < -0.4 is 10.6 Å². The van der Waals surface area contributed by atoms with Crippen molar-refractivity contribution in [3.05, 3.63) is 59.1 Å². The van der Waals surface area contributed by atoms with Gasteiger partial charge in [-0.05, 0) is 43.2 Å². The molecule has 0 aliphatic heterocycles. The molecule has 0 saturated heterocycles. The average molecular weight is 389 g/mol. The second kappa shape index (κ2) is 10.3. The van der Waals surface area contributed by atoms with Gasteiger partial charge in [0, 0.05) is 29.2 Å². The predicted molar refractivity (Wildman–Crippen MR) is 105 cm³/mol. The van der Waals surface area contributed by atoms with E-state index in [0.717, 1.165) is 5.56 Å². The first-order valence-corrected chi connectivity index (χ1v) is 8.88. The minimum Gasteiger partial charge on any atom is -0.456 e. The molecule has 6 nitrogen and oxygen atoms in total. The number of rotatable bonds is 8. The molecule has 0 radical (unpaired) electrons. The highest BCUT2D eigenvalue weighted by atomic mass is 35.5. The topological polar surface area (TPSA) is 84.5 Å². The van der Waals surface area contributed by atoms with Crippen LogP contribution in [0, 0.1) is 6.92 Å². The lowest BCUT2D eigenvalue weighted by Gasteiger charge is -2.08. The lowest BCUT2D eigenvalue weighted by atomic mass is 10.2. The van der Waals surface area contributed by atoms with Crippen LogP contribution in [0.2, 0.25) is 5.02 Å². The fourth-order valence-electron chi connectivity index (χ4n) is 2.22. The molecule has 0 spiro atoms. The lowest BCUT2D eigenvalue weighted by Crippen LogP contribution is -2.21. The molecule has 0 heterocycles. The molecule has 142 valence electrons. The Kier molecular flexibility index (Phi) is 7.82. The number of amides is 2. The molecule has 0 bridgehead atoms. The van der Waals surface area contributed by atoms with Gasteiger partial charge in [0.05, 0.1) is 0 Å². The van der Waals surface area contributed by atoms with Crippen molar-refractivity contribution in [3.8, 4) is 0 Å². The number of halogens is 1. The number of hydrogen-bond acceptors (Lipinski definition) is 4. The lowest BCUT2D eigenvalue weighted by molar-refractivity contribution is -0.147. The van der Waals surface area contributed by atoms with Gasteiger partial charge in [0.25, 0.3) is 5.91 Å². The van der Waals surface area contributed by atoms with Gasteiger partial charge < -0.3 is 15.4 Å². The third-order valence-electron chi connectivity index (χ3n) is 3.66. The van der Waals surface area contributed by atoms with Crippen LogP contribution >= 0.6 is 11.6 Å². The molecular formula is C20H21ClN2O4. The number of nitrogens with one attached hydrogen (secondary N) is 2. The smallest absolute Gasteiger partial charge is 0.306 e. The predicted octanol–water partition coefficient (Wildman–Crippen LogP) is 3.94. The first kappa shape index (κ1) is 20.5. The summed E-state index contributed by atoms with van der Waals surface area (Å²) in [4.78, 5) is 35.3. The van der Waals surface area contributed by atoms with Gasteiger partial charge in [-0.3, -0.25) is 14.4 Å². The standard InChI is InChI=1S/C20H21ClN2O4/c1-14-10-11-16(12-17(14)21)23-19(25)13-27-20(26)9-5-8-18(24)22-15-6-3-2-4-7-15/h2-4,6-7,10-12H,5,8-9,13H2,1H3,(H,22,24)(H,23,25). The molecule has 0 fully saturated rings. The van der Waals surface area contributed by atoms with Crippen molar-refractivity contribution >= 4 is 40.8 Å². The zero-order valence-corrected chi connectivity index (χ0v) is 15.7. The van der Waals surface area contributed by atoms with E-state index in [1.807, 2.05) is 25.1 Å². The van der Waals surface area contributed by atoms with Gasteiger partial charge in [-0.15, -0.1) is 0 Å². The van der Waals surface area contributed by atoms with Crippen LogP contribution in [0.25, 0.3) is 0 Å². The zero-order chi connectivity index (χ0) is 19.6. The normalized spacial score (nSPS) is 10.1. The minimum absolute atomic E-state index is 0.0614. The van der Waals surface area contributed by atoms with Crippen molar-refractivity contribution in [2.45, 2.75) is 26.2 Å². The van der Waals surface area contributed by atoms with Crippen molar-refractivity contribution in [1.29, 1.82) is 0 Å². The van der Waals surface area contributed by atoms with Gasteiger partial charge in [-0.1, -0.05) is 35.9 Å². The number of para-hydroxylation sites is 1. The summed E-state index contributed by atoms with van der Waals surface area (Å²) in [6.07, 6.45) is 0.594. The molecule has 2 aromatic carbocycles. The largest absolute Gasteiger partial charge is 0.456 e. The highest BCUT2D eigenvalue weighted by Gasteiger charge is 2.10. The molecule has 2 rings (SSSR count). The van der Waals surface area contributed by atoms with Crippen LogP contribution in [0.15, 0.2) is 48.5 Å². The molecule has 0 atom stereocenters. The first-order chi connectivity index (χ1) is 12.9. The molecule has 0 saturated carbocycles. The van der Waals surface area contributed by atoms with E-state index < -0.39 is 11.9 Å². The fourth-order valence-corrected chi connectivity index (χ4v) is 2.40. The summed E-state index contributed by atoms with van der Waals surface area (Å²) in [7, 11) is 0. The average Bonchev–Trinajstić information content (AvgIpc) is 2.64. The monoisotopic (exact) mass is 388 g/mol. The molecule has 2 N–H and O–H groups in total. The highest BCUT2D eigenvalue weighted by molar-refractivity contribution is 6.31. The molecule has 7 heteroatoms. The Bertz CT molecular complexity index is 809. The Morgan fingerprint density at radius 2 is 1.63 bits per heavy atom. The van der Waals surface area contributed by atoms with Gasteiger partial charge in [0.1, 0.15) is 0 Å². The van der Waals surface area contributed by atoms with Crippen molar-refractivity contribution in [2.24, 2.45) is 0 Å². The van der Waals surface area contributed by atoms with E-state index in [1.165, 1.54) is 0 Å². The Morgan fingerprint density at radius 1 is 0.926 bits per heavy atom. The number of carbonyl (C=O) groups is 3. The second-order valence-corrected chi connectivity index (χ2v) is 6.35. The SMILES string of the molecule is Cc1ccc(NC(=O)COC(=O)CCCC(=O)Nc2ccccc2)cc1Cl. The van der Waals surface area contributed by atoms with Crippen molar-refractivity contribution in [3.63, 3.8) is 0 Å². The molecule has 2 amide bonds. The fraction of sp³-hybridized carbons (Fsp3) is 0.250. The number of hydrogen-bond donors (Lipinski definition) is 2. The molecule has 0 unspecified atom stereocenters. The van der Waals surface area contributed by atoms with Gasteiger partial charge in [0.2, 0.25) is 5.91 Å². The van der Waals surface area contributed by atoms with Crippen LogP contribution in [-0.2, 0) is 19.1 Å².